The third-order valence-electron chi connectivity index (χ3n) is 5.49. The van der Waals surface area contributed by atoms with Crippen molar-refractivity contribution in [2.24, 2.45) is 4.99 Å². The zero-order chi connectivity index (χ0) is 22.3. The Bertz CT molecular complexity index is 1020. The fourth-order valence-electron chi connectivity index (χ4n) is 4.11. The molecule has 2 aromatic heterocycles. The summed E-state index contributed by atoms with van der Waals surface area (Å²) in [5, 5.41) is 15.1. The molecule has 2 atom stereocenters. The molecule has 0 saturated carbocycles. The first-order chi connectivity index (χ1) is 15.6. The number of hydrogen-bond donors (Lipinski definition) is 2. The molecule has 0 radical (unpaired) electrons. The van der Waals surface area contributed by atoms with Crippen molar-refractivity contribution in [1.29, 1.82) is 0 Å². The highest BCUT2D eigenvalue weighted by Gasteiger charge is 2.21. The zero-order valence-electron chi connectivity index (χ0n) is 19.2. The van der Waals surface area contributed by atoms with Gasteiger partial charge in [-0.1, -0.05) is 30.3 Å². The van der Waals surface area contributed by atoms with Crippen molar-refractivity contribution in [3.8, 4) is 0 Å². The van der Waals surface area contributed by atoms with E-state index in [1.165, 1.54) is 11.1 Å². The van der Waals surface area contributed by atoms with Gasteiger partial charge in [0.1, 0.15) is 0 Å². The van der Waals surface area contributed by atoms with Gasteiger partial charge in [-0.2, -0.15) is 0 Å². The predicted octanol–water partition coefficient (Wildman–Crippen LogP) is 2.59. The summed E-state index contributed by atoms with van der Waals surface area (Å²) in [4.78, 5) is 7.20. The summed E-state index contributed by atoms with van der Waals surface area (Å²) in [6.45, 7) is 11.2. The van der Waals surface area contributed by atoms with Gasteiger partial charge in [0.05, 0.1) is 25.3 Å². The van der Waals surface area contributed by atoms with E-state index in [4.69, 9.17) is 9.73 Å². The summed E-state index contributed by atoms with van der Waals surface area (Å²) in [6.07, 6.45) is 2.55. The van der Waals surface area contributed by atoms with Crippen molar-refractivity contribution in [2.75, 3.05) is 19.6 Å². The van der Waals surface area contributed by atoms with Crippen LogP contribution in [0.2, 0.25) is 0 Å². The van der Waals surface area contributed by atoms with Crippen molar-refractivity contribution in [3.05, 3.63) is 65.6 Å². The smallest absolute Gasteiger partial charge is 0.191 e. The molecule has 2 N–H and O–H groups in total. The van der Waals surface area contributed by atoms with Crippen molar-refractivity contribution in [2.45, 2.75) is 52.6 Å². The lowest BCUT2D eigenvalue weighted by atomic mass is 10.1. The van der Waals surface area contributed by atoms with E-state index in [0.717, 1.165) is 43.6 Å². The first-order valence-electron chi connectivity index (χ1n) is 11.4. The second kappa shape index (κ2) is 10.6. The Morgan fingerprint density at radius 1 is 1.03 bits per heavy atom. The molecule has 3 aromatic rings. The number of guanidine groups is 1. The van der Waals surface area contributed by atoms with Crippen LogP contribution in [0.15, 0.2) is 53.7 Å². The van der Waals surface area contributed by atoms with Crippen LogP contribution in [0.25, 0.3) is 5.65 Å². The molecule has 8 nitrogen and oxygen atoms in total. The SMILES string of the molecule is CCNC(=NCc1ccc(CN2CC(C)OC(C)C2)cc1)NCc1nnc2ccccn12. The molecule has 1 saturated heterocycles. The molecule has 170 valence electrons. The van der Waals surface area contributed by atoms with Crippen LogP contribution < -0.4 is 10.6 Å². The quantitative estimate of drug-likeness (QED) is 0.439. The fourth-order valence-corrected chi connectivity index (χ4v) is 4.11. The molecular weight excluding hydrogens is 402 g/mol. The number of rotatable bonds is 7. The number of nitrogens with one attached hydrogen (secondary N) is 2. The standard InChI is InChI=1S/C24H33N7O/c1-4-25-24(27-14-23-29-28-22-7-5-6-12-31(22)23)26-13-20-8-10-21(11-9-20)17-30-15-18(2)32-19(3)16-30/h5-12,18-19H,4,13-17H2,1-3H3,(H2,25,26,27). The zero-order valence-corrected chi connectivity index (χ0v) is 19.2. The molecule has 1 aliphatic rings. The first-order valence-corrected chi connectivity index (χ1v) is 11.4. The maximum absolute atomic E-state index is 5.83. The summed E-state index contributed by atoms with van der Waals surface area (Å²) in [5.41, 5.74) is 3.35. The van der Waals surface area contributed by atoms with Crippen LogP contribution >= 0.6 is 0 Å². The maximum Gasteiger partial charge on any atom is 0.191 e. The summed E-state index contributed by atoms with van der Waals surface area (Å²) in [7, 11) is 0. The van der Waals surface area contributed by atoms with Gasteiger partial charge in [-0.3, -0.25) is 9.30 Å². The average Bonchev–Trinajstić information content (AvgIpc) is 3.19. The summed E-state index contributed by atoms with van der Waals surface area (Å²) < 4.78 is 7.81. The van der Waals surface area contributed by atoms with Crippen LogP contribution in [0.3, 0.4) is 0 Å². The molecule has 2 unspecified atom stereocenters. The van der Waals surface area contributed by atoms with Gasteiger partial charge in [0, 0.05) is 32.4 Å². The average molecular weight is 436 g/mol. The van der Waals surface area contributed by atoms with E-state index in [9.17, 15) is 0 Å². The lowest BCUT2D eigenvalue weighted by Gasteiger charge is -2.35. The van der Waals surface area contributed by atoms with Gasteiger partial charge in [-0.15, -0.1) is 10.2 Å². The van der Waals surface area contributed by atoms with E-state index in [0.29, 0.717) is 25.3 Å². The Morgan fingerprint density at radius 2 is 1.78 bits per heavy atom. The molecule has 0 amide bonds. The van der Waals surface area contributed by atoms with Gasteiger partial charge >= 0.3 is 0 Å². The van der Waals surface area contributed by atoms with E-state index in [2.05, 4.69) is 70.8 Å². The Labute approximate surface area is 189 Å². The van der Waals surface area contributed by atoms with Crippen molar-refractivity contribution in [3.63, 3.8) is 0 Å². The van der Waals surface area contributed by atoms with Crippen LogP contribution in [0, 0.1) is 0 Å². The minimum atomic E-state index is 0.292. The van der Waals surface area contributed by atoms with Crippen molar-refractivity contribution >= 4 is 11.6 Å². The van der Waals surface area contributed by atoms with E-state index < -0.39 is 0 Å². The van der Waals surface area contributed by atoms with E-state index in [1.54, 1.807) is 0 Å². The van der Waals surface area contributed by atoms with E-state index >= 15 is 0 Å². The van der Waals surface area contributed by atoms with Crippen LogP contribution in [0.4, 0.5) is 0 Å². The monoisotopic (exact) mass is 435 g/mol. The van der Waals surface area contributed by atoms with Gasteiger partial charge < -0.3 is 15.4 Å². The largest absolute Gasteiger partial charge is 0.373 e. The number of aliphatic imine (C=N–C) groups is 1. The van der Waals surface area contributed by atoms with Gasteiger partial charge in [0.15, 0.2) is 17.4 Å². The number of nitrogens with zero attached hydrogens (tertiary/aromatic N) is 5. The molecule has 32 heavy (non-hydrogen) atoms. The number of benzene rings is 1. The van der Waals surface area contributed by atoms with Crippen LogP contribution in [0.5, 0.6) is 0 Å². The molecule has 1 fully saturated rings. The number of hydrogen-bond acceptors (Lipinski definition) is 5. The number of pyridine rings is 1. The molecule has 1 aromatic carbocycles. The molecule has 4 rings (SSSR count). The predicted molar refractivity (Wildman–Crippen MR) is 126 cm³/mol. The Morgan fingerprint density at radius 3 is 2.53 bits per heavy atom. The number of morpholine rings is 1. The minimum absolute atomic E-state index is 0.292. The second-order valence-electron chi connectivity index (χ2n) is 8.36. The van der Waals surface area contributed by atoms with Crippen molar-refractivity contribution in [1.82, 2.24) is 30.1 Å². The normalized spacial score (nSPS) is 19.9. The third-order valence-corrected chi connectivity index (χ3v) is 5.49. The van der Waals surface area contributed by atoms with Gasteiger partial charge in [-0.25, -0.2) is 4.99 Å². The highest BCUT2D eigenvalue weighted by molar-refractivity contribution is 5.79. The number of ether oxygens (including phenoxy) is 1. The Balaban J connectivity index is 1.33. The highest BCUT2D eigenvalue weighted by atomic mass is 16.5. The first kappa shape index (κ1) is 22.2. The maximum atomic E-state index is 5.83. The lowest BCUT2D eigenvalue weighted by molar-refractivity contribution is -0.0704. The van der Waals surface area contributed by atoms with Crippen LogP contribution in [-0.2, 0) is 24.4 Å². The fraction of sp³-hybridized carbons (Fsp3) is 0.458. The van der Waals surface area contributed by atoms with Gasteiger partial charge in [0.2, 0.25) is 0 Å². The lowest BCUT2D eigenvalue weighted by Crippen LogP contribution is -2.44. The van der Waals surface area contributed by atoms with Crippen molar-refractivity contribution < 1.29 is 4.74 Å². The summed E-state index contributed by atoms with van der Waals surface area (Å²) in [5.74, 6) is 1.61. The van der Waals surface area contributed by atoms with E-state index in [-0.39, 0.29) is 0 Å². The molecule has 0 spiro atoms. The molecule has 0 bridgehead atoms. The summed E-state index contributed by atoms with van der Waals surface area (Å²) >= 11 is 0. The Hall–Kier alpha value is -2.97. The Kier molecular flexibility index (Phi) is 7.34. The molecule has 8 heteroatoms. The topological polar surface area (TPSA) is 79.1 Å². The van der Waals surface area contributed by atoms with Gasteiger partial charge in [0.25, 0.3) is 0 Å². The van der Waals surface area contributed by atoms with Crippen LogP contribution in [-0.4, -0.2) is 57.3 Å². The minimum Gasteiger partial charge on any atom is -0.373 e. The molecule has 3 heterocycles. The summed E-state index contributed by atoms with van der Waals surface area (Å²) in [6, 6.07) is 14.6. The molecule has 1 aliphatic heterocycles. The number of aromatic nitrogens is 3. The molecule has 0 aliphatic carbocycles. The highest BCUT2D eigenvalue weighted by Crippen LogP contribution is 2.15. The van der Waals surface area contributed by atoms with Crippen LogP contribution in [0.1, 0.15) is 37.7 Å². The van der Waals surface area contributed by atoms with E-state index in [1.807, 2.05) is 28.8 Å². The number of fused-ring (bicyclic) bond motifs is 1. The molecular formula is C24H33N7O. The second-order valence-corrected chi connectivity index (χ2v) is 8.36. The third kappa shape index (κ3) is 5.83. The van der Waals surface area contributed by atoms with Gasteiger partial charge in [-0.05, 0) is 44.0 Å².